The van der Waals surface area contributed by atoms with Gasteiger partial charge in [-0.05, 0) is 30.3 Å². The molecule has 0 saturated heterocycles. The lowest BCUT2D eigenvalue weighted by molar-refractivity contribution is 0.596. The fourth-order valence-corrected chi connectivity index (χ4v) is 3.81. The van der Waals surface area contributed by atoms with Gasteiger partial charge < -0.3 is 0 Å². The number of aromatic nitrogens is 2. The molecule has 0 saturated carbocycles. The number of sulfone groups is 1. The van der Waals surface area contributed by atoms with Gasteiger partial charge in [0.05, 0.1) is 10.6 Å². The lowest BCUT2D eigenvalue weighted by Crippen LogP contribution is -2.09. The fourth-order valence-electron chi connectivity index (χ4n) is 1.36. The van der Waals surface area contributed by atoms with Gasteiger partial charge in [-0.3, -0.25) is 0 Å². The zero-order chi connectivity index (χ0) is 13.7. The molecule has 0 aliphatic carbocycles. The molecule has 0 fully saturated rings. The molecular weight excluding hydrogens is 287 g/mol. The van der Waals surface area contributed by atoms with Crippen LogP contribution in [0.2, 0.25) is 0 Å². The van der Waals surface area contributed by atoms with Crippen LogP contribution < -0.4 is 0 Å². The Labute approximate surface area is 115 Å². The highest BCUT2D eigenvalue weighted by atomic mass is 32.2. The van der Waals surface area contributed by atoms with Gasteiger partial charge in [-0.1, -0.05) is 11.8 Å². The maximum absolute atomic E-state index is 12.7. The Morgan fingerprint density at radius 3 is 2.37 bits per heavy atom. The van der Waals surface area contributed by atoms with Gasteiger partial charge in [-0.15, -0.1) is 0 Å². The second kappa shape index (κ2) is 6.12. The first-order valence-electron chi connectivity index (χ1n) is 5.46. The molecule has 0 amide bonds. The number of nitrogens with zero attached hydrogens (tertiary/aromatic N) is 2. The second-order valence-corrected chi connectivity index (χ2v) is 6.82. The van der Waals surface area contributed by atoms with Gasteiger partial charge in [0.15, 0.2) is 15.0 Å². The minimum absolute atomic E-state index is 0.0401. The zero-order valence-corrected chi connectivity index (χ0v) is 11.5. The van der Waals surface area contributed by atoms with Crippen LogP contribution in [-0.2, 0) is 9.84 Å². The number of benzene rings is 1. The van der Waals surface area contributed by atoms with Crippen molar-refractivity contribution in [3.8, 4) is 0 Å². The van der Waals surface area contributed by atoms with Crippen LogP contribution in [0.1, 0.15) is 0 Å². The molecule has 4 nitrogen and oxygen atoms in total. The van der Waals surface area contributed by atoms with Crippen LogP contribution in [0.3, 0.4) is 0 Å². The highest BCUT2D eigenvalue weighted by Crippen LogP contribution is 2.16. The number of hydrogen-bond donors (Lipinski definition) is 0. The molecular formula is C12H11FN2O2S2. The van der Waals surface area contributed by atoms with Crippen molar-refractivity contribution in [2.45, 2.75) is 10.1 Å². The van der Waals surface area contributed by atoms with Crippen molar-refractivity contribution >= 4 is 21.6 Å². The van der Waals surface area contributed by atoms with Gasteiger partial charge in [0.25, 0.3) is 0 Å². The topological polar surface area (TPSA) is 59.9 Å². The summed E-state index contributed by atoms with van der Waals surface area (Å²) in [6.07, 6.45) is 3.20. The summed E-state index contributed by atoms with van der Waals surface area (Å²) >= 11 is 1.27. The molecule has 1 aromatic carbocycles. The van der Waals surface area contributed by atoms with E-state index in [9.17, 15) is 12.8 Å². The largest absolute Gasteiger partial charge is 0.231 e. The Morgan fingerprint density at radius 1 is 1.11 bits per heavy atom. The van der Waals surface area contributed by atoms with Crippen LogP contribution in [0.4, 0.5) is 4.39 Å². The highest BCUT2D eigenvalue weighted by Gasteiger charge is 2.14. The van der Waals surface area contributed by atoms with E-state index in [1.807, 2.05) is 0 Å². The number of thioether (sulfide) groups is 1. The van der Waals surface area contributed by atoms with E-state index in [-0.39, 0.29) is 10.6 Å². The highest BCUT2D eigenvalue weighted by molar-refractivity contribution is 8.00. The predicted octanol–water partition coefficient (Wildman–Crippen LogP) is 2.18. The van der Waals surface area contributed by atoms with Gasteiger partial charge >= 0.3 is 0 Å². The van der Waals surface area contributed by atoms with E-state index in [1.165, 1.54) is 23.9 Å². The second-order valence-electron chi connectivity index (χ2n) is 3.65. The minimum Gasteiger partial charge on any atom is -0.231 e. The van der Waals surface area contributed by atoms with E-state index >= 15 is 0 Å². The Morgan fingerprint density at radius 2 is 1.74 bits per heavy atom. The quantitative estimate of drug-likeness (QED) is 0.481. The maximum Gasteiger partial charge on any atom is 0.187 e. The standard InChI is InChI=1S/C12H11FN2O2S2/c13-10-2-4-11(5-3-10)19(16,17)9-8-18-12-14-6-1-7-15-12/h1-7H,8-9H2. The van der Waals surface area contributed by atoms with Gasteiger partial charge in [0.2, 0.25) is 0 Å². The molecule has 0 radical (unpaired) electrons. The summed E-state index contributed by atoms with van der Waals surface area (Å²) in [5.41, 5.74) is 0. The molecule has 0 spiro atoms. The minimum atomic E-state index is -3.39. The molecule has 19 heavy (non-hydrogen) atoms. The van der Waals surface area contributed by atoms with Crippen molar-refractivity contribution in [1.82, 2.24) is 9.97 Å². The van der Waals surface area contributed by atoms with Crippen LogP contribution in [0.15, 0.2) is 52.8 Å². The lowest BCUT2D eigenvalue weighted by Gasteiger charge is -2.03. The van der Waals surface area contributed by atoms with Crippen LogP contribution >= 0.6 is 11.8 Å². The predicted molar refractivity (Wildman–Crippen MR) is 71.2 cm³/mol. The number of rotatable bonds is 5. The molecule has 1 aromatic heterocycles. The lowest BCUT2D eigenvalue weighted by atomic mass is 10.4. The molecule has 0 aliphatic rings. The summed E-state index contributed by atoms with van der Waals surface area (Å²) < 4.78 is 36.6. The average molecular weight is 298 g/mol. The van der Waals surface area contributed by atoms with Gasteiger partial charge in [-0.2, -0.15) is 0 Å². The van der Waals surface area contributed by atoms with E-state index < -0.39 is 15.7 Å². The van der Waals surface area contributed by atoms with Crippen molar-refractivity contribution in [3.05, 3.63) is 48.5 Å². The van der Waals surface area contributed by atoms with Crippen molar-refractivity contribution in [2.75, 3.05) is 11.5 Å². The molecule has 2 aromatic rings. The average Bonchev–Trinajstić information content (AvgIpc) is 2.40. The first-order valence-corrected chi connectivity index (χ1v) is 8.10. The number of hydrogen-bond acceptors (Lipinski definition) is 5. The summed E-state index contributed by atoms with van der Waals surface area (Å²) in [6, 6.07) is 6.52. The molecule has 0 bridgehead atoms. The van der Waals surface area contributed by atoms with Crippen molar-refractivity contribution < 1.29 is 12.8 Å². The molecule has 1 heterocycles. The molecule has 7 heteroatoms. The monoisotopic (exact) mass is 298 g/mol. The van der Waals surface area contributed by atoms with Crippen molar-refractivity contribution in [2.24, 2.45) is 0 Å². The van der Waals surface area contributed by atoms with Crippen molar-refractivity contribution in [1.29, 1.82) is 0 Å². The van der Waals surface area contributed by atoms with Gasteiger partial charge in [0, 0.05) is 18.1 Å². The van der Waals surface area contributed by atoms with Crippen LogP contribution in [-0.4, -0.2) is 29.9 Å². The third kappa shape index (κ3) is 4.00. The number of halogens is 1. The molecule has 0 N–H and O–H groups in total. The van der Waals surface area contributed by atoms with E-state index in [1.54, 1.807) is 18.5 Å². The maximum atomic E-state index is 12.7. The molecule has 0 atom stereocenters. The van der Waals surface area contributed by atoms with E-state index in [2.05, 4.69) is 9.97 Å². The van der Waals surface area contributed by atoms with Crippen LogP contribution in [0.5, 0.6) is 0 Å². The third-order valence-electron chi connectivity index (χ3n) is 2.30. The van der Waals surface area contributed by atoms with E-state index in [0.29, 0.717) is 10.9 Å². The van der Waals surface area contributed by atoms with Crippen LogP contribution in [0, 0.1) is 5.82 Å². The van der Waals surface area contributed by atoms with E-state index in [0.717, 1.165) is 12.1 Å². The molecule has 0 unspecified atom stereocenters. The van der Waals surface area contributed by atoms with Crippen LogP contribution in [0.25, 0.3) is 0 Å². The van der Waals surface area contributed by atoms with Gasteiger partial charge in [-0.25, -0.2) is 22.8 Å². The molecule has 0 aliphatic heterocycles. The summed E-state index contributed by atoms with van der Waals surface area (Å²) in [6.45, 7) is 0. The first-order chi connectivity index (χ1) is 9.08. The van der Waals surface area contributed by atoms with Crippen molar-refractivity contribution in [3.63, 3.8) is 0 Å². The fraction of sp³-hybridized carbons (Fsp3) is 0.167. The summed E-state index contributed by atoms with van der Waals surface area (Å²) in [5.74, 6) is -0.142. The Bertz CT molecular complexity index is 631. The Kier molecular flexibility index (Phi) is 4.49. The summed E-state index contributed by atoms with van der Waals surface area (Å²) in [4.78, 5) is 8.11. The zero-order valence-electron chi connectivity index (χ0n) is 9.86. The van der Waals surface area contributed by atoms with Gasteiger partial charge in [0.1, 0.15) is 5.82 Å². The Balaban J connectivity index is 1.97. The van der Waals surface area contributed by atoms with E-state index in [4.69, 9.17) is 0 Å². The summed E-state index contributed by atoms with van der Waals surface area (Å²) in [7, 11) is -3.39. The smallest absolute Gasteiger partial charge is 0.187 e. The molecule has 2 rings (SSSR count). The normalized spacial score (nSPS) is 11.4. The SMILES string of the molecule is O=S(=O)(CCSc1ncccn1)c1ccc(F)cc1. The molecule has 100 valence electrons. The first kappa shape index (κ1) is 14.0. The Hall–Kier alpha value is -1.47. The summed E-state index contributed by atoms with van der Waals surface area (Å²) in [5, 5.41) is 0.539. The third-order valence-corrected chi connectivity index (χ3v) is 5.17.